The molecule has 0 unspecified atom stereocenters. The first-order valence-electron chi connectivity index (χ1n) is 10.7. The molecule has 10 heteroatoms. The zero-order valence-electron chi connectivity index (χ0n) is 19.3. The molecule has 182 valence electrons. The van der Waals surface area contributed by atoms with Crippen LogP contribution in [0.1, 0.15) is 27.7 Å². The van der Waals surface area contributed by atoms with E-state index in [1.807, 2.05) is 0 Å². The van der Waals surface area contributed by atoms with E-state index in [1.54, 1.807) is 67.6 Å². The minimum atomic E-state index is -3.77. The summed E-state index contributed by atoms with van der Waals surface area (Å²) < 4.78 is 42.6. The van der Waals surface area contributed by atoms with Gasteiger partial charge in [-0.3, -0.25) is 23.5 Å². The van der Waals surface area contributed by atoms with Crippen molar-refractivity contribution in [2.45, 2.75) is 58.4 Å². The maximum absolute atomic E-state index is 14.4. The van der Waals surface area contributed by atoms with Crippen molar-refractivity contribution in [2.75, 3.05) is 0 Å². The highest BCUT2D eigenvalue weighted by Gasteiger charge is 2.53. The quantitative estimate of drug-likeness (QED) is 0.328. The van der Waals surface area contributed by atoms with Gasteiger partial charge < -0.3 is 18.9 Å². The second kappa shape index (κ2) is 11.0. The van der Waals surface area contributed by atoms with Crippen molar-refractivity contribution in [3.05, 3.63) is 60.7 Å². The van der Waals surface area contributed by atoms with E-state index < -0.39 is 56.0 Å². The summed E-state index contributed by atoms with van der Waals surface area (Å²) in [5, 5.41) is 0.787. The second-order valence-corrected chi connectivity index (χ2v) is 10.1. The summed E-state index contributed by atoms with van der Waals surface area (Å²) >= 11 is 0. The molecule has 5 atom stereocenters. The molecule has 0 amide bonds. The molecule has 0 spiro atoms. The maximum Gasteiger partial charge on any atom is 0.303 e. The van der Waals surface area contributed by atoms with E-state index in [1.165, 1.54) is 13.8 Å². The van der Waals surface area contributed by atoms with Crippen LogP contribution in [0.15, 0.2) is 60.7 Å². The van der Waals surface area contributed by atoms with Crippen LogP contribution in [0.5, 0.6) is 0 Å². The van der Waals surface area contributed by atoms with Gasteiger partial charge in [-0.05, 0) is 31.2 Å². The van der Waals surface area contributed by atoms with E-state index >= 15 is 0 Å². The first-order chi connectivity index (χ1) is 16.1. The second-order valence-electron chi connectivity index (χ2n) is 7.76. The van der Waals surface area contributed by atoms with Crippen LogP contribution in [0.25, 0.3) is 0 Å². The number of hydrogen-bond donors (Lipinski definition) is 0. The van der Waals surface area contributed by atoms with E-state index in [0.29, 0.717) is 10.6 Å². The molecule has 1 fully saturated rings. The van der Waals surface area contributed by atoms with Gasteiger partial charge in [-0.25, -0.2) is 0 Å². The van der Waals surface area contributed by atoms with Gasteiger partial charge in [0.25, 0.3) is 7.37 Å². The molecule has 0 saturated carbocycles. The van der Waals surface area contributed by atoms with E-state index in [0.717, 1.165) is 6.92 Å². The van der Waals surface area contributed by atoms with Gasteiger partial charge in [0.1, 0.15) is 0 Å². The van der Waals surface area contributed by atoms with Gasteiger partial charge in [-0.2, -0.15) is 0 Å². The van der Waals surface area contributed by atoms with Crippen molar-refractivity contribution in [2.24, 2.45) is 0 Å². The molecule has 0 N–H and O–H groups in total. The van der Waals surface area contributed by atoms with Gasteiger partial charge in [-0.15, -0.1) is 0 Å². The molecule has 1 aliphatic heterocycles. The average Bonchev–Trinajstić information content (AvgIpc) is 2.79. The van der Waals surface area contributed by atoms with Crippen molar-refractivity contribution in [1.82, 2.24) is 0 Å². The molecule has 0 bridgehead atoms. The summed E-state index contributed by atoms with van der Waals surface area (Å²) in [4.78, 5) is 35.5. The fourth-order valence-electron chi connectivity index (χ4n) is 3.72. The molecular weight excluding hydrogens is 463 g/mol. The predicted molar refractivity (Wildman–Crippen MR) is 122 cm³/mol. The summed E-state index contributed by atoms with van der Waals surface area (Å²) in [7, 11) is -3.77. The lowest BCUT2D eigenvalue weighted by Gasteiger charge is -2.44. The van der Waals surface area contributed by atoms with Crippen LogP contribution in [-0.2, 0) is 42.4 Å². The Hall–Kier alpha value is -3.00. The lowest BCUT2D eigenvalue weighted by molar-refractivity contribution is -0.279. The third-order valence-corrected chi connectivity index (χ3v) is 7.54. The summed E-state index contributed by atoms with van der Waals surface area (Å²) in [5.74, 6) is -2.05. The minimum absolute atomic E-state index is 0.394. The lowest BCUT2D eigenvalue weighted by Crippen LogP contribution is -2.61. The molecular formula is C24H27O9P. The Morgan fingerprint density at radius 3 is 1.56 bits per heavy atom. The molecule has 1 heterocycles. The Bertz CT molecular complexity index is 1010. The molecule has 1 saturated heterocycles. The van der Waals surface area contributed by atoms with Crippen LogP contribution in [0, 0.1) is 0 Å². The molecule has 3 rings (SSSR count). The van der Waals surface area contributed by atoms with E-state index in [4.69, 9.17) is 23.5 Å². The highest BCUT2D eigenvalue weighted by atomic mass is 31.2. The van der Waals surface area contributed by atoms with Crippen LogP contribution >= 0.6 is 7.37 Å². The van der Waals surface area contributed by atoms with Gasteiger partial charge >= 0.3 is 17.9 Å². The number of benzene rings is 2. The summed E-state index contributed by atoms with van der Waals surface area (Å²) in [5.41, 5.74) is 0. The number of hydrogen-bond acceptors (Lipinski definition) is 9. The molecule has 1 aliphatic rings. The van der Waals surface area contributed by atoms with Crippen LogP contribution in [0.2, 0.25) is 0 Å². The van der Waals surface area contributed by atoms with Crippen molar-refractivity contribution in [3.63, 3.8) is 0 Å². The number of esters is 3. The maximum atomic E-state index is 14.4. The number of ether oxygens (including phenoxy) is 4. The van der Waals surface area contributed by atoms with Crippen molar-refractivity contribution in [3.8, 4) is 0 Å². The zero-order valence-corrected chi connectivity index (χ0v) is 20.2. The van der Waals surface area contributed by atoms with Crippen LogP contribution in [0.3, 0.4) is 0 Å². The van der Waals surface area contributed by atoms with E-state index in [2.05, 4.69) is 0 Å². The number of rotatable bonds is 7. The van der Waals surface area contributed by atoms with Gasteiger partial charge in [0.15, 0.2) is 18.3 Å². The van der Waals surface area contributed by atoms with Crippen LogP contribution < -0.4 is 10.6 Å². The van der Waals surface area contributed by atoms with E-state index in [9.17, 15) is 18.9 Å². The number of carbonyl (C=O) groups is 3. The van der Waals surface area contributed by atoms with Crippen LogP contribution in [-0.4, -0.2) is 48.6 Å². The normalized spacial score (nSPS) is 24.6. The Balaban J connectivity index is 2.07. The summed E-state index contributed by atoms with van der Waals surface area (Å²) in [6, 6.07) is 17.1. The average molecular weight is 490 g/mol. The third-order valence-electron chi connectivity index (χ3n) is 5.08. The van der Waals surface area contributed by atoms with Crippen molar-refractivity contribution < 1.29 is 42.4 Å². The first-order valence-corrected chi connectivity index (χ1v) is 12.3. The zero-order chi connectivity index (χ0) is 24.9. The predicted octanol–water partition coefficient (Wildman–Crippen LogP) is 2.47. The van der Waals surface area contributed by atoms with E-state index in [-0.39, 0.29) is 0 Å². The van der Waals surface area contributed by atoms with Crippen LogP contribution in [0.4, 0.5) is 0 Å². The molecule has 0 aromatic heterocycles. The van der Waals surface area contributed by atoms with Gasteiger partial charge in [0.2, 0.25) is 6.29 Å². The number of carbonyl (C=O) groups excluding carboxylic acids is 3. The topological polar surface area (TPSA) is 114 Å². The van der Waals surface area contributed by atoms with Gasteiger partial charge in [0, 0.05) is 31.4 Å². The monoisotopic (exact) mass is 490 g/mol. The van der Waals surface area contributed by atoms with Gasteiger partial charge in [-0.1, -0.05) is 36.4 Å². The molecule has 9 nitrogen and oxygen atoms in total. The lowest BCUT2D eigenvalue weighted by atomic mass is 9.99. The fourth-order valence-corrected chi connectivity index (χ4v) is 5.85. The smallest absolute Gasteiger partial charge is 0.303 e. The highest BCUT2D eigenvalue weighted by Crippen LogP contribution is 2.48. The standard InChI is InChI=1S/C24H27O9P/c1-15-21(30-16(2)25)22(31-17(3)26)23(32-18(4)27)24(29-15)33-34(28,19-11-7-5-8-12-19)20-13-9-6-10-14-20/h5-15,21-24H,1-4H3/t15-,21-,22+,23+,24-/m0/s1. The fraction of sp³-hybridized carbons (Fsp3) is 0.375. The molecule has 2 aromatic carbocycles. The van der Waals surface area contributed by atoms with Gasteiger partial charge in [0.05, 0.1) is 6.10 Å². The Kier molecular flexibility index (Phi) is 8.25. The molecule has 0 radical (unpaired) electrons. The Morgan fingerprint density at radius 2 is 1.12 bits per heavy atom. The van der Waals surface area contributed by atoms with Crippen molar-refractivity contribution >= 4 is 35.9 Å². The molecule has 2 aromatic rings. The summed E-state index contributed by atoms with van der Waals surface area (Å²) in [6.45, 7) is 5.11. The molecule has 0 aliphatic carbocycles. The Morgan fingerprint density at radius 1 is 0.706 bits per heavy atom. The SMILES string of the molecule is CC(=O)O[C@@H]1[C@@H](OC(C)=O)[C@H](C)O[C@@H](OP(=O)(c2ccccc2)c2ccccc2)[C@@H]1OC(C)=O. The largest absolute Gasteiger partial charge is 0.456 e. The first kappa shape index (κ1) is 25.6. The highest BCUT2D eigenvalue weighted by molar-refractivity contribution is 7.74. The summed E-state index contributed by atoms with van der Waals surface area (Å²) in [6.07, 6.45) is -5.94. The third kappa shape index (κ3) is 5.91. The van der Waals surface area contributed by atoms with Crippen molar-refractivity contribution in [1.29, 1.82) is 0 Å². The Labute approximate surface area is 197 Å². The minimum Gasteiger partial charge on any atom is -0.456 e. The molecule has 34 heavy (non-hydrogen) atoms.